The van der Waals surface area contributed by atoms with E-state index in [0.29, 0.717) is 18.6 Å². The largest absolute Gasteiger partial charge is 0.445 e. The highest BCUT2D eigenvalue weighted by Crippen LogP contribution is 2.07. The molecule has 0 fully saturated rings. The van der Waals surface area contributed by atoms with Gasteiger partial charge in [0.1, 0.15) is 18.7 Å². The number of benzene rings is 1. The summed E-state index contributed by atoms with van der Waals surface area (Å²) in [5.41, 5.74) is 6.23. The summed E-state index contributed by atoms with van der Waals surface area (Å²) in [5.74, 6) is -0.170. The van der Waals surface area contributed by atoms with Gasteiger partial charge in [0.05, 0.1) is 0 Å². The first-order chi connectivity index (χ1) is 12.8. The lowest BCUT2D eigenvalue weighted by Crippen LogP contribution is -2.53. The molecule has 4 N–H and O–H groups in total. The molecule has 2 atom stereocenters. The second-order valence-electron chi connectivity index (χ2n) is 6.63. The van der Waals surface area contributed by atoms with E-state index in [-0.39, 0.29) is 12.5 Å². The van der Waals surface area contributed by atoms with Gasteiger partial charge in [-0.05, 0) is 36.3 Å². The summed E-state index contributed by atoms with van der Waals surface area (Å²) >= 11 is 1.56. The van der Waals surface area contributed by atoms with E-state index in [1.54, 1.807) is 11.8 Å². The van der Waals surface area contributed by atoms with Crippen LogP contribution in [0.15, 0.2) is 30.3 Å². The van der Waals surface area contributed by atoms with E-state index in [4.69, 9.17) is 10.5 Å². The van der Waals surface area contributed by atoms with Crippen LogP contribution in [0.25, 0.3) is 0 Å². The van der Waals surface area contributed by atoms with Gasteiger partial charge in [-0.2, -0.15) is 11.8 Å². The average molecular weight is 396 g/mol. The standard InChI is InChI=1S/C19H29N3O4S/c1-13(2)11-16(17(20)23)21-18(24)15(9-10-27-3)22-19(25)26-12-14-7-5-4-6-8-14/h4-8,13,15-16H,9-12H2,1-3H3,(H2,20,23)(H,21,24)(H,22,25)/t15-,16+/m1/s1. The second-order valence-corrected chi connectivity index (χ2v) is 7.62. The molecule has 0 spiro atoms. The van der Waals surface area contributed by atoms with Crippen molar-refractivity contribution >= 4 is 29.7 Å². The number of carbonyl (C=O) groups excluding carboxylic acids is 3. The summed E-state index contributed by atoms with van der Waals surface area (Å²) in [6, 6.07) is 7.70. The number of carbonyl (C=O) groups is 3. The van der Waals surface area contributed by atoms with Gasteiger partial charge >= 0.3 is 6.09 Å². The maximum atomic E-state index is 12.6. The predicted octanol–water partition coefficient (Wildman–Crippen LogP) is 2.05. The molecule has 1 aromatic rings. The molecule has 3 amide bonds. The lowest BCUT2D eigenvalue weighted by Gasteiger charge is -2.22. The summed E-state index contributed by atoms with van der Waals surface area (Å²) in [7, 11) is 0. The fourth-order valence-electron chi connectivity index (χ4n) is 2.40. The minimum atomic E-state index is -0.797. The molecular formula is C19H29N3O4S. The Kier molecular flexibility index (Phi) is 10.3. The smallest absolute Gasteiger partial charge is 0.408 e. The maximum Gasteiger partial charge on any atom is 0.408 e. The van der Waals surface area contributed by atoms with Gasteiger partial charge in [-0.15, -0.1) is 0 Å². The quantitative estimate of drug-likeness (QED) is 0.531. The first-order valence-corrected chi connectivity index (χ1v) is 10.3. The van der Waals surface area contributed by atoms with Crippen molar-refractivity contribution < 1.29 is 19.1 Å². The monoisotopic (exact) mass is 395 g/mol. The minimum absolute atomic E-state index is 0.112. The molecule has 0 aliphatic carbocycles. The van der Waals surface area contributed by atoms with Crippen LogP contribution in [-0.4, -0.2) is 42.0 Å². The zero-order chi connectivity index (χ0) is 20.2. The van der Waals surface area contributed by atoms with Crippen molar-refractivity contribution in [3.63, 3.8) is 0 Å². The van der Waals surface area contributed by atoms with Crippen LogP contribution in [0.5, 0.6) is 0 Å². The Labute approximate surface area is 164 Å². The highest BCUT2D eigenvalue weighted by atomic mass is 32.2. The normalized spacial score (nSPS) is 12.9. The predicted molar refractivity (Wildman–Crippen MR) is 107 cm³/mol. The van der Waals surface area contributed by atoms with Gasteiger partial charge in [-0.25, -0.2) is 4.79 Å². The lowest BCUT2D eigenvalue weighted by molar-refractivity contribution is -0.128. The number of thioether (sulfide) groups is 1. The number of alkyl carbamates (subject to hydrolysis) is 1. The first-order valence-electron chi connectivity index (χ1n) is 8.89. The second kappa shape index (κ2) is 12.2. The van der Waals surface area contributed by atoms with Gasteiger partial charge in [0.25, 0.3) is 0 Å². The zero-order valence-corrected chi connectivity index (χ0v) is 16.9. The third-order valence-electron chi connectivity index (χ3n) is 3.80. The van der Waals surface area contributed by atoms with E-state index >= 15 is 0 Å². The Balaban J connectivity index is 2.65. The number of nitrogens with two attached hydrogens (primary N) is 1. The Morgan fingerprint density at radius 1 is 1.11 bits per heavy atom. The van der Waals surface area contributed by atoms with Gasteiger partial charge in [0.15, 0.2) is 0 Å². The molecule has 0 saturated carbocycles. The van der Waals surface area contributed by atoms with Gasteiger partial charge in [0.2, 0.25) is 11.8 Å². The van der Waals surface area contributed by atoms with Crippen LogP contribution < -0.4 is 16.4 Å². The summed E-state index contributed by atoms with van der Waals surface area (Å²) in [4.78, 5) is 36.2. The average Bonchev–Trinajstić information content (AvgIpc) is 2.63. The van der Waals surface area contributed by atoms with Crippen molar-refractivity contribution in [3.05, 3.63) is 35.9 Å². The molecule has 0 saturated heterocycles. The molecule has 1 rings (SSSR count). The Hall–Kier alpha value is -2.22. The Bertz CT molecular complexity index is 610. The molecule has 0 radical (unpaired) electrons. The summed E-state index contributed by atoms with van der Waals surface area (Å²) in [6.07, 6.45) is 2.09. The molecule has 0 heterocycles. The molecule has 150 valence electrons. The van der Waals surface area contributed by atoms with Crippen molar-refractivity contribution in [1.82, 2.24) is 10.6 Å². The van der Waals surface area contributed by atoms with E-state index in [9.17, 15) is 14.4 Å². The van der Waals surface area contributed by atoms with Gasteiger partial charge < -0.3 is 21.1 Å². The third-order valence-corrected chi connectivity index (χ3v) is 4.44. The van der Waals surface area contributed by atoms with Crippen molar-refractivity contribution in [2.24, 2.45) is 11.7 Å². The first kappa shape index (κ1) is 22.8. The number of ether oxygens (including phenoxy) is 1. The van der Waals surface area contributed by atoms with Crippen LogP contribution in [0.1, 0.15) is 32.3 Å². The van der Waals surface area contributed by atoms with Crippen LogP contribution in [-0.2, 0) is 20.9 Å². The third kappa shape index (κ3) is 9.33. The Morgan fingerprint density at radius 3 is 2.33 bits per heavy atom. The highest BCUT2D eigenvalue weighted by molar-refractivity contribution is 7.98. The summed E-state index contributed by atoms with van der Waals surface area (Å²) < 4.78 is 5.18. The topological polar surface area (TPSA) is 111 Å². The van der Waals surface area contributed by atoms with Crippen molar-refractivity contribution in [2.45, 2.75) is 45.4 Å². The number of nitrogens with one attached hydrogen (secondary N) is 2. The van der Waals surface area contributed by atoms with E-state index in [2.05, 4.69) is 10.6 Å². The highest BCUT2D eigenvalue weighted by Gasteiger charge is 2.26. The van der Waals surface area contributed by atoms with Gasteiger partial charge in [-0.3, -0.25) is 9.59 Å². The lowest BCUT2D eigenvalue weighted by atomic mass is 10.0. The van der Waals surface area contributed by atoms with Crippen LogP contribution >= 0.6 is 11.8 Å². The molecule has 0 aromatic heterocycles. The summed E-state index contributed by atoms with van der Waals surface area (Å²) in [5, 5.41) is 5.22. The molecule has 0 unspecified atom stereocenters. The fraction of sp³-hybridized carbons (Fsp3) is 0.526. The van der Waals surface area contributed by atoms with Gasteiger partial charge in [-0.1, -0.05) is 44.2 Å². The molecule has 27 heavy (non-hydrogen) atoms. The molecular weight excluding hydrogens is 366 g/mol. The minimum Gasteiger partial charge on any atom is -0.445 e. The molecule has 0 aliphatic heterocycles. The molecule has 0 bridgehead atoms. The number of amides is 3. The van der Waals surface area contributed by atoms with Gasteiger partial charge in [0, 0.05) is 0 Å². The summed E-state index contributed by atoms with van der Waals surface area (Å²) in [6.45, 7) is 3.99. The van der Waals surface area contributed by atoms with Crippen molar-refractivity contribution in [3.8, 4) is 0 Å². The van der Waals surface area contributed by atoms with Crippen molar-refractivity contribution in [2.75, 3.05) is 12.0 Å². The molecule has 7 nitrogen and oxygen atoms in total. The maximum absolute atomic E-state index is 12.6. The van der Waals surface area contributed by atoms with E-state index in [1.807, 2.05) is 50.4 Å². The van der Waals surface area contributed by atoms with E-state index < -0.39 is 30.0 Å². The van der Waals surface area contributed by atoms with E-state index in [0.717, 1.165) is 5.56 Å². The number of hydrogen-bond donors (Lipinski definition) is 3. The van der Waals surface area contributed by atoms with Crippen LogP contribution in [0.4, 0.5) is 4.79 Å². The van der Waals surface area contributed by atoms with Crippen LogP contribution in [0.2, 0.25) is 0 Å². The number of primary amides is 1. The fourth-order valence-corrected chi connectivity index (χ4v) is 2.87. The molecule has 1 aromatic carbocycles. The number of rotatable bonds is 11. The number of hydrogen-bond acceptors (Lipinski definition) is 5. The SMILES string of the molecule is CSCC[C@@H](NC(=O)OCc1ccccc1)C(=O)N[C@@H](CC(C)C)C(N)=O. The van der Waals surface area contributed by atoms with E-state index in [1.165, 1.54) is 0 Å². The van der Waals surface area contributed by atoms with Crippen molar-refractivity contribution in [1.29, 1.82) is 0 Å². The van der Waals surface area contributed by atoms with Crippen LogP contribution in [0.3, 0.4) is 0 Å². The molecule has 0 aliphatic rings. The molecule has 8 heteroatoms. The Morgan fingerprint density at radius 2 is 1.78 bits per heavy atom. The zero-order valence-electron chi connectivity index (χ0n) is 16.1. The van der Waals surface area contributed by atoms with Crippen LogP contribution in [0, 0.1) is 5.92 Å².